The van der Waals surface area contributed by atoms with Gasteiger partial charge in [-0.3, -0.25) is 4.79 Å². The highest BCUT2D eigenvalue weighted by molar-refractivity contribution is 5.86. The zero-order valence-corrected chi connectivity index (χ0v) is 9.61. The van der Waals surface area contributed by atoms with Crippen molar-refractivity contribution >= 4 is 11.9 Å². The van der Waals surface area contributed by atoms with E-state index in [0.717, 1.165) is 0 Å². The summed E-state index contributed by atoms with van der Waals surface area (Å²) in [6.45, 7) is 5.24. The summed E-state index contributed by atoms with van der Waals surface area (Å²) in [6.07, 6.45) is 0.0643. The van der Waals surface area contributed by atoms with E-state index in [1.54, 1.807) is 13.8 Å². The van der Waals surface area contributed by atoms with E-state index in [9.17, 15) is 9.59 Å². The average Bonchev–Trinajstić information content (AvgIpc) is 2.22. The number of methoxy groups -OCH3 is 1. The lowest BCUT2D eigenvalue weighted by Crippen LogP contribution is -2.48. The topological polar surface area (TPSA) is 75.6 Å². The summed E-state index contributed by atoms with van der Waals surface area (Å²) >= 11 is 0. The summed E-state index contributed by atoms with van der Waals surface area (Å²) in [6, 6.07) is -0.847. The van der Waals surface area contributed by atoms with E-state index in [2.05, 4.69) is 5.32 Å². The van der Waals surface area contributed by atoms with Crippen LogP contribution in [-0.2, 0) is 14.3 Å². The number of carboxylic acids is 1. The molecule has 0 saturated carbocycles. The van der Waals surface area contributed by atoms with Gasteiger partial charge in [-0.25, -0.2) is 4.79 Å². The molecule has 0 aliphatic heterocycles. The second-order valence-electron chi connectivity index (χ2n) is 3.59. The first-order valence-corrected chi connectivity index (χ1v) is 5.00. The predicted molar refractivity (Wildman–Crippen MR) is 55.5 cm³/mol. The fraction of sp³-hybridized carbons (Fsp3) is 0.800. The maximum absolute atomic E-state index is 11.4. The average molecular weight is 217 g/mol. The Morgan fingerprint density at radius 1 is 1.40 bits per heavy atom. The molecule has 1 amide bonds. The summed E-state index contributed by atoms with van der Waals surface area (Å²) in [5, 5.41) is 11.4. The number of carboxylic acid groups (broad SMARTS) is 1. The van der Waals surface area contributed by atoms with Gasteiger partial charge in [0.05, 0.1) is 0 Å². The van der Waals surface area contributed by atoms with Gasteiger partial charge in [0.1, 0.15) is 12.1 Å². The first-order chi connectivity index (χ1) is 6.93. The third-order valence-corrected chi connectivity index (χ3v) is 2.50. The van der Waals surface area contributed by atoms with Crippen molar-refractivity contribution in [3.05, 3.63) is 0 Å². The second-order valence-corrected chi connectivity index (χ2v) is 3.59. The molecule has 3 atom stereocenters. The maximum Gasteiger partial charge on any atom is 0.326 e. The molecule has 5 nitrogen and oxygen atoms in total. The molecule has 0 aromatic rings. The van der Waals surface area contributed by atoms with Crippen LogP contribution in [0.5, 0.6) is 0 Å². The number of ether oxygens (including phenoxy) is 1. The van der Waals surface area contributed by atoms with Crippen molar-refractivity contribution in [3.8, 4) is 0 Å². The van der Waals surface area contributed by atoms with Gasteiger partial charge in [-0.15, -0.1) is 0 Å². The second kappa shape index (κ2) is 6.40. The van der Waals surface area contributed by atoms with Gasteiger partial charge in [0.15, 0.2) is 0 Å². The number of amides is 1. The molecule has 0 bridgehead atoms. The SMILES string of the molecule is CCC(C)[C@H](NC(=O)C(C)OC)C(=O)O. The van der Waals surface area contributed by atoms with Crippen molar-refractivity contribution in [1.82, 2.24) is 5.32 Å². The molecular weight excluding hydrogens is 198 g/mol. The maximum atomic E-state index is 11.4. The molecule has 0 aliphatic rings. The van der Waals surface area contributed by atoms with Gasteiger partial charge in [0.25, 0.3) is 0 Å². The van der Waals surface area contributed by atoms with Crippen molar-refractivity contribution in [2.24, 2.45) is 5.92 Å². The molecule has 0 fully saturated rings. The van der Waals surface area contributed by atoms with E-state index >= 15 is 0 Å². The van der Waals surface area contributed by atoms with Crippen LogP contribution in [0.3, 0.4) is 0 Å². The Morgan fingerprint density at radius 3 is 2.27 bits per heavy atom. The lowest BCUT2D eigenvalue weighted by molar-refractivity contribution is -0.145. The van der Waals surface area contributed by atoms with Crippen LogP contribution in [0.25, 0.3) is 0 Å². The number of carbonyl (C=O) groups is 2. The standard InChI is InChI=1S/C10H19NO4/c1-5-6(2)8(10(13)14)11-9(12)7(3)15-4/h6-8H,5H2,1-4H3,(H,11,12)(H,13,14)/t6?,7?,8-/m0/s1. The van der Waals surface area contributed by atoms with E-state index in [-0.39, 0.29) is 5.92 Å². The van der Waals surface area contributed by atoms with Gasteiger partial charge in [0.2, 0.25) is 5.91 Å². The quantitative estimate of drug-likeness (QED) is 0.684. The van der Waals surface area contributed by atoms with E-state index in [0.29, 0.717) is 6.42 Å². The Bertz CT molecular complexity index is 229. The molecule has 0 aromatic heterocycles. The lowest BCUT2D eigenvalue weighted by Gasteiger charge is -2.21. The fourth-order valence-electron chi connectivity index (χ4n) is 1.06. The molecule has 0 heterocycles. The van der Waals surface area contributed by atoms with E-state index in [1.807, 2.05) is 6.92 Å². The van der Waals surface area contributed by atoms with Gasteiger partial charge in [-0.2, -0.15) is 0 Å². The van der Waals surface area contributed by atoms with Crippen molar-refractivity contribution < 1.29 is 19.4 Å². The number of nitrogens with one attached hydrogen (secondary N) is 1. The Labute approximate surface area is 89.8 Å². The Morgan fingerprint density at radius 2 is 1.93 bits per heavy atom. The van der Waals surface area contributed by atoms with Crippen molar-refractivity contribution in [1.29, 1.82) is 0 Å². The number of aliphatic carboxylic acids is 1. The number of carbonyl (C=O) groups excluding carboxylic acids is 1. The van der Waals surface area contributed by atoms with Crippen molar-refractivity contribution in [2.45, 2.75) is 39.3 Å². The van der Waals surface area contributed by atoms with Gasteiger partial charge in [-0.05, 0) is 12.8 Å². The summed E-state index contributed by atoms with van der Waals surface area (Å²) in [7, 11) is 1.41. The highest BCUT2D eigenvalue weighted by atomic mass is 16.5. The molecule has 5 heteroatoms. The molecule has 2 unspecified atom stereocenters. The van der Waals surface area contributed by atoms with Crippen LogP contribution in [-0.4, -0.2) is 36.2 Å². The van der Waals surface area contributed by atoms with Crippen LogP contribution in [0.2, 0.25) is 0 Å². The number of hydrogen-bond donors (Lipinski definition) is 2. The van der Waals surface area contributed by atoms with Crippen LogP contribution >= 0.6 is 0 Å². The Balaban J connectivity index is 4.42. The third kappa shape index (κ3) is 4.29. The van der Waals surface area contributed by atoms with Crippen molar-refractivity contribution in [2.75, 3.05) is 7.11 Å². The predicted octanol–water partition coefficient (Wildman–Crippen LogP) is 0.637. The number of rotatable bonds is 6. The van der Waals surface area contributed by atoms with Crippen LogP contribution in [0.15, 0.2) is 0 Å². The highest BCUT2D eigenvalue weighted by Gasteiger charge is 2.26. The van der Waals surface area contributed by atoms with E-state index < -0.39 is 24.0 Å². The monoisotopic (exact) mass is 217 g/mol. The smallest absolute Gasteiger partial charge is 0.326 e. The molecule has 0 radical (unpaired) electrons. The van der Waals surface area contributed by atoms with Gasteiger partial charge < -0.3 is 15.2 Å². The minimum absolute atomic E-state index is 0.101. The Kier molecular flexibility index (Phi) is 5.93. The molecule has 15 heavy (non-hydrogen) atoms. The van der Waals surface area contributed by atoms with Gasteiger partial charge in [-0.1, -0.05) is 20.3 Å². The molecule has 88 valence electrons. The van der Waals surface area contributed by atoms with Gasteiger partial charge >= 0.3 is 5.97 Å². The molecule has 0 aliphatic carbocycles. The lowest BCUT2D eigenvalue weighted by atomic mass is 9.99. The fourth-order valence-corrected chi connectivity index (χ4v) is 1.06. The number of hydrogen-bond acceptors (Lipinski definition) is 3. The molecule has 2 N–H and O–H groups in total. The first-order valence-electron chi connectivity index (χ1n) is 5.00. The largest absolute Gasteiger partial charge is 0.480 e. The van der Waals surface area contributed by atoms with Crippen molar-refractivity contribution in [3.63, 3.8) is 0 Å². The van der Waals surface area contributed by atoms with E-state index in [1.165, 1.54) is 7.11 Å². The minimum Gasteiger partial charge on any atom is -0.480 e. The van der Waals surface area contributed by atoms with E-state index in [4.69, 9.17) is 9.84 Å². The molecule has 0 saturated heterocycles. The Hall–Kier alpha value is -1.10. The summed E-state index contributed by atoms with van der Waals surface area (Å²) in [5.41, 5.74) is 0. The van der Waals surface area contributed by atoms with Gasteiger partial charge in [0, 0.05) is 7.11 Å². The molecule has 0 spiro atoms. The summed E-state index contributed by atoms with van der Waals surface area (Å²) in [5.74, 6) is -1.51. The molecule has 0 rings (SSSR count). The highest BCUT2D eigenvalue weighted by Crippen LogP contribution is 2.08. The zero-order chi connectivity index (χ0) is 12.0. The summed E-state index contributed by atoms with van der Waals surface area (Å²) in [4.78, 5) is 22.3. The van der Waals surface area contributed by atoms with Crippen LogP contribution < -0.4 is 5.32 Å². The van der Waals surface area contributed by atoms with Crippen LogP contribution in [0, 0.1) is 5.92 Å². The molecule has 0 aromatic carbocycles. The molecular formula is C10H19NO4. The summed E-state index contributed by atoms with van der Waals surface area (Å²) < 4.78 is 4.80. The normalized spacial score (nSPS) is 16.5. The zero-order valence-electron chi connectivity index (χ0n) is 9.61. The van der Waals surface area contributed by atoms with Crippen LogP contribution in [0.1, 0.15) is 27.2 Å². The van der Waals surface area contributed by atoms with Crippen LogP contribution in [0.4, 0.5) is 0 Å². The third-order valence-electron chi connectivity index (χ3n) is 2.50. The minimum atomic E-state index is -1.01. The first kappa shape index (κ1) is 13.9.